The van der Waals surface area contributed by atoms with Gasteiger partial charge < -0.3 is 4.74 Å². The Morgan fingerprint density at radius 3 is 2.78 bits per heavy atom. The number of nitrogens with one attached hydrogen (secondary N) is 1. The summed E-state index contributed by atoms with van der Waals surface area (Å²) in [5, 5.41) is 3.93. The van der Waals surface area contributed by atoms with Gasteiger partial charge in [0.15, 0.2) is 5.82 Å². The van der Waals surface area contributed by atoms with E-state index >= 15 is 0 Å². The molecule has 0 unspecified atom stereocenters. The normalized spacial score (nSPS) is 11.2. The first-order valence-electron chi connectivity index (χ1n) is 6.42. The van der Waals surface area contributed by atoms with Crippen LogP contribution in [0.25, 0.3) is 5.82 Å². The molecule has 0 radical (unpaired) electrons. The smallest absolute Gasteiger partial charge is 0.263 e. The van der Waals surface area contributed by atoms with Crippen LogP contribution in [0.15, 0.2) is 54.2 Å². The Kier molecular flexibility index (Phi) is 3.89. The van der Waals surface area contributed by atoms with Gasteiger partial charge in [-0.1, -0.05) is 6.07 Å². The summed E-state index contributed by atoms with van der Waals surface area (Å²) in [6, 6.07) is 7.58. The summed E-state index contributed by atoms with van der Waals surface area (Å²) in [5.74, 6) is 0.952. The Morgan fingerprint density at radius 1 is 1.17 bits per heavy atom. The maximum absolute atomic E-state index is 12.4. The van der Waals surface area contributed by atoms with E-state index in [1.807, 2.05) is 0 Å². The van der Waals surface area contributed by atoms with Crippen molar-refractivity contribution in [1.82, 2.24) is 24.7 Å². The molecule has 0 atom stereocenters. The summed E-state index contributed by atoms with van der Waals surface area (Å²) in [7, 11) is -2.33. The fraction of sp³-hybridized carbons (Fsp3) is 0.0769. The molecule has 23 heavy (non-hydrogen) atoms. The summed E-state index contributed by atoms with van der Waals surface area (Å²) >= 11 is 0. The van der Waals surface area contributed by atoms with Crippen LogP contribution in [0.4, 0.5) is 5.82 Å². The molecule has 9 nitrogen and oxygen atoms in total. The molecule has 0 aliphatic rings. The van der Waals surface area contributed by atoms with Crippen molar-refractivity contribution < 1.29 is 13.2 Å². The fourth-order valence-corrected chi connectivity index (χ4v) is 2.85. The van der Waals surface area contributed by atoms with E-state index in [1.54, 1.807) is 12.1 Å². The lowest BCUT2D eigenvalue weighted by atomic mass is 10.3. The lowest BCUT2D eigenvalue weighted by Gasteiger charge is -2.09. The number of rotatable bonds is 5. The Bertz CT molecular complexity index is 911. The summed E-state index contributed by atoms with van der Waals surface area (Å²) in [6.45, 7) is 0. The van der Waals surface area contributed by atoms with E-state index in [2.05, 4.69) is 24.8 Å². The lowest BCUT2D eigenvalue weighted by Crippen LogP contribution is -2.14. The highest BCUT2D eigenvalue weighted by atomic mass is 32.2. The van der Waals surface area contributed by atoms with E-state index in [1.165, 1.54) is 49.0 Å². The number of sulfonamides is 1. The summed E-state index contributed by atoms with van der Waals surface area (Å²) in [4.78, 5) is 11.8. The second-order valence-electron chi connectivity index (χ2n) is 4.39. The van der Waals surface area contributed by atoms with Crippen LogP contribution in [-0.4, -0.2) is 40.3 Å². The van der Waals surface area contributed by atoms with Gasteiger partial charge in [0.05, 0.1) is 12.0 Å². The molecule has 2 aromatic heterocycles. The molecular weight excluding hydrogens is 320 g/mol. The first-order chi connectivity index (χ1) is 11.1. The van der Waals surface area contributed by atoms with Crippen molar-refractivity contribution in [1.29, 1.82) is 0 Å². The first-order valence-corrected chi connectivity index (χ1v) is 7.91. The van der Waals surface area contributed by atoms with Crippen LogP contribution in [0.3, 0.4) is 0 Å². The highest BCUT2D eigenvalue weighted by Gasteiger charge is 2.16. The van der Waals surface area contributed by atoms with Crippen molar-refractivity contribution in [2.24, 2.45) is 0 Å². The molecule has 2 heterocycles. The standard InChI is InChI=1S/C13H12N6O3S/c1-22-10-3-2-4-11(5-10)23(20,21)18-12-6-13(16-8-15-12)19-9-14-7-17-19/h2-9H,1H3,(H,15,16,18). The van der Waals surface area contributed by atoms with Gasteiger partial charge in [0.1, 0.15) is 30.5 Å². The highest BCUT2D eigenvalue weighted by Crippen LogP contribution is 2.19. The maximum Gasteiger partial charge on any atom is 0.263 e. The predicted octanol–water partition coefficient (Wildman–Crippen LogP) is 0.867. The van der Waals surface area contributed by atoms with E-state index in [0.29, 0.717) is 11.6 Å². The third kappa shape index (κ3) is 3.26. The monoisotopic (exact) mass is 332 g/mol. The van der Waals surface area contributed by atoms with Gasteiger partial charge in [-0.15, -0.1) is 0 Å². The zero-order valence-electron chi connectivity index (χ0n) is 12.0. The number of nitrogens with zero attached hydrogens (tertiary/aromatic N) is 5. The maximum atomic E-state index is 12.4. The minimum atomic E-state index is -3.80. The topological polar surface area (TPSA) is 112 Å². The first kappa shape index (κ1) is 14.9. The SMILES string of the molecule is COc1cccc(S(=O)(=O)Nc2cc(-n3cncn3)ncn2)c1. The molecule has 3 rings (SSSR count). The second kappa shape index (κ2) is 6.01. The molecule has 118 valence electrons. The average Bonchev–Trinajstić information content (AvgIpc) is 3.09. The molecule has 0 amide bonds. The van der Waals surface area contributed by atoms with Crippen molar-refractivity contribution in [3.63, 3.8) is 0 Å². The number of hydrogen-bond acceptors (Lipinski definition) is 7. The van der Waals surface area contributed by atoms with Gasteiger partial charge in [-0.25, -0.2) is 28.1 Å². The third-order valence-corrected chi connectivity index (χ3v) is 4.25. The van der Waals surface area contributed by atoms with Gasteiger partial charge in [-0.3, -0.25) is 4.72 Å². The van der Waals surface area contributed by atoms with Gasteiger partial charge in [-0.2, -0.15) is 5.10 Å². The molecular formula is C13H12N6O3S. The lowest BCUT2D eigenvalue weighted by molar-refractivity contribution is 0.413. The summed E-state index contributed by atoms with van der Waals surface area (Å²) in [5.41, 5.74) is 0. The molecule has 0 saturated carbocycles. The van der Waals surface area contributed by atoms with Gasteiger partial charge in [-0.05, 0) is 12.1 Å². The van der Waals surface area contributed by atoms with Gasteiger partial charge in [0, 0.05) is 12.1 Å². The largest absolute Gasteiger partial charge is 0.497 e. The van der Waals surface area contributed by atoms with Gasteiger partial charge in [0.2, 0.25) is 0 Å². The van der Waals surface area contributed by atoms with Crippen LogP contribution in [0.1, 0.15) is 0 Å². The Morgan fingerprint density at radius 2 is 2.04 bits per heavy atom. The molecule has 0 fully saturated rings. The number of benzene rings is 1. The number of aromatic nitrogens is 5. The predicted molar refractivity (Wildman–Crippen MR) is 80.8 cm³/mol. The summed E-state index contributed by atoms with van der Waals surface area (Å²) < 4.78 is 33.6. The van der Waals surface area contributed by atoms with Crippen LogP contribution < -0.4 is 9.46 Å². The van der Waals surface area contributed by atoms with E-state index in [-0.39, 0.29) is 10.7 Å². The van der Waals surface area contributed by atoms with Crippen LogP contribution in [0.5, 0.6) is 5.75 Å². The van der Waals surface area contributed by atoms with E-state index < -0.39 is 10.0 Å². The minimum absolute atomic E-state index is 0.0674. The van der Waals surface area contributed by atoms with Crippen LogP contribution in [0, 0.1) is 0 Å². The zero-order chi connectivity index (χ0) is 16.3. The molecule has 1 N–H and O–H groups in total. The minimum Gasteiger partial charge on any atom is -0.497 e. The van der Waals surface area contributed by atoms with Crippen LogP contribution in [0.2, 0.25) is 0 Å². The van der Waals surface area contributed by atoms with Gasteiger partial charge >= 0.3 is 0 Å². The zero-order valence-corrected chi connectivity index (χ0v) is 12.8. The Hall–Kier alpha value is -3.01. The van der Waals surface area contributed by atoms with E-state index in [9.17, 15) is 8.42 Å². The number of methoxy groups -OCH3 is 1. The molecule has 0 spiro atoms. The summed E-state index contributed by atoms with van der Waals surface area (Å²) in [6.07, 6.45) is 4.03. The molecule has 0 saturated heterocycles. The van der Waals surface area contributed by atoms with Crippen molar-refractivity contribution >= 4 is 15.8 Å². The molecule has 0 aliphatic heterocycles. The van der Waals surface area contributed by atoms with Crippen molar-refractivity contribution in [3.05, 3.63) is 49.3 Å². The number of anilines is 1. The Balaban J connectivity index is 1.90. The quantitative estimate of drug-likeness (QED) is 0.737. The second-order valence-corrected chi connectivity index (χ2v) is 6.07. The number of hydrogen-bond donors (Lipinski definition) is 1. The molecule has 0 bridgehead atoms. The van der Waals surface area contributed by atoms with Crippen LogP contribution in [-0.2, 0) is 10.0 Å². The third-order valence-electron chi connectivity index (χ3n) is 2.90. The van der Waals surface area contributed by atoms with E-state index in [4.69, 9.17) is 4.74 Å². The fourth-order valence-electron chi connectivity index (χ4n) is 1.82. The Labute approximate surface area is 132 Å². The van der Waals surface area contributed by atoms with Crippen molar-refractivity contribution in [2.45, 2.75) is 4.90 Å². The van der Waals surface area contributed by atoms with Crippen LogP contribution >= 0.6 is 0 Å². The molecule has 3 aromatic rings. The van der Waals surface area contributed by atoms with E-state index in [0.717, 1.165) is 0 Å². The van der Waals surface area contributed by atoms with Crippen molar-refractivity contribution in [3.8, 4) is 11.6 Å². The highest BCUT2D eigenvalue weighted by molar-refractivity contribution is 7.92. The van der Waals surface area contributed by atoms with Gasteiger partial charge in [0.25, 0.3) is 10.0 Å². The molecule has 0 aliphatic carbocycles. The molecule has 10 heteroatoms. The van der Waals surface area contributed by atoms with Crippen molar-refractivity contribution in [2.75, 3.05) is 11.8 Å². The average molecular weight is 332 g/mol. The number of ether oxygens (including phenoxy) is 1. The molecule has 1 aromatic carbocycles.